The second kappa shape index (κ2) is 6.35. The number of nitrogens with one attached hydrogen (secondary N) is 1. The topological polar surface area (TPSA) is 95.9 Å². The van der Waals surface area contributed by atoms with Crippen LogP contribution >= 0.6 is 11.8 Å². The fraction of sp³-hybridized carbons (Fsp3) is 0.438. The van der Waals surface area contributed by atoms with E-state index in [2.05, 4.69) is 5.32 Å². The smallest absolute Gasteiger partial charge is 0.341 e. The second-order valence-corrected chi connectivity index (χ2v) is 7.47. The lowest BCUT2D eigenvalue weighted by atomic mass is 10.2. The largest absolute Gasteiger partial charge is 0.482 e. The van der Waals surface area contributed by atoms with E-state index in [9.17, 15) is 14.4 Å². The number of ether oxygens (including phenoxy) is 1. The number of carboxylic acids is 1. The van der Waals surface area contributed by atoms with Crippen molar-refractivity contribution in [1.82, 2.24) is 4.90 Å². The first kappa shape index (κ1) is 16.6. The minimum atomic E-state index is -1.07. The standard InChI is InChI=1S/C16H18N2O5S/c1-16-6-5-13(19)18(16)12(9-24-16)15(22)17-10-3-2-4-11(7-10)23-8-14(20)21/h2-4,7,12H,5-6,8-9H2,1H3,(H,17,22)(H,20,21). The Balaban J connectivity index is 1.68. The molecule has 2 aliphatic heterocycles. The van der Waals surface area contributed by atoms with E-state index in [4.69, 9.17) is 9.84 Å². The Morgan fingerprint density at radius 3 is 3.04 bits per heavy atom. The molecule has 2 amide bonds. The number of carbonyl (C=O) groups excluding carboxylic acids is 2. The van der Waals surface area contributed by atoms with Crippen molar-refractivity contribution in [2.24, 2.45) is 0 Å². The summed E-state index contributed by atoms with van der Waals surface area (Å²) < 4.78 is 5.10. The van der Waals surface area contributed by atoms with Crippen molar-refractivity contribution in [2.75, 3.05) is 17.7 Å². The molecule has 2 N–H and O–H groups in total. The summed E-state index contributed by atoms with van der Waals surface area (Å²) in [4.78, 5) is 36.6. The molecule has 0 spiro atoms. The highest BCUT2D eigenvalue weighted by Gasteiger charge is 2.52. The maximum absolute atomic E-state index is 12.6. The van der Waals surface area contributed by atoms with E-state index in [0.717, 1.165) is 6.42 Å². The summed E-state index contributed by atoms with van der Waals surface area (Å²) >= 11 is 1.63. The summed E-state index contributed by atoms with van der Waals surface area (Å²) in [7, 11) is 0. The van der Waals surface area contributed by atoms with Gasteiger partial charge in [-0.05, 0) is 25.5 Å². The van der Waals surface area contributed by atoms with Crippen LogP contribution in [0.4, 0.5) is 5.69 Å². The van der Waals surface area contributed by atoms with Gasteiger partial charge in [-0.3, -0.25) is 9.59 Å². The lowest BCUT2D eigenvalue weighted by Gasteiger charge is -2.29. The molecule has 0 radical (unpaired) electrons. The molecule has 2 aliphatic rings. The fourth-order valence-corrected chi connectivity index (χ4v) is 4.48. The number of anilines is 1. The van der Waals surface area contributed by atoms with Gasteiger partial charge in [-0.15, -0.1) is 11.8 Å². The summed E-state index contributed by atoms with van der Waals surface area (Å²) in [6.07, 6.45) is 1.24. The van der Waals surface area contributed by atoms with E-state index in [-0.39, 0.29) is 16.7 Å². The van der Waals surface area contributed by atoms with Crippen molar-refractivity contribution in [1.29, 1.82) is 0 Å². The molecule has 8 heteroatoms. The highest BCUT2D eigenvalue weighted by atomic mass is 32.2. The molecular weight excluding hydrogens is 332 g/mol. The number of amides is 2. The van der Waals surface area contributed by atoms with Crippen LogP contribution in [-0.2, 0) is 14.4 Å². The number of fused-ring (bicyclic) bond motifs is 1. The van der Waals surface area contributed by atoms with Crippen LogP contribution in [0.5, 0.6) is 5.75 Å². The number of hydrogen-bond donors (Lipinski definition) is 2. The van der Waals surface area contributed by atoms with Gasteiger partial charge in [-0.2, -0.15) is 0 Å². The summed E-state index contributed by atoms with van der Waals surface area (Å²) in [5.41, 5.74) is 0.508. The highest BCUT2D eigenvalue weighted by molar-refractivity contribution is 8.01. The maximum Gasteiger partial charge on any atom is 0.341 e. The Morgan fingerprint density at radius 2 is 2.29 bits per heavy atom. The van der Waals surface area contributed by atoms with Gasteiger partial charge >= 0.3 is 5.97 Å². The molecule has 3 rings (SSSR count). The maximum atomic E-state index is 12.6. The molecule has 0 aliphatic carbocycles. The second-order valence-electron chi connectivity index (χ2n) is 5.97. The van der Waals surface area contributed by atoms with Gasteiger partial charge in [0.1, 0.15) is 11.8 Å². The third-order valence-corrected chi connectivity index (χ3v) is 5.72. The summed E-state index contributed by atoms with van der Waals surface area (Å²) in [6, 6.07) is 6.05. The molecule has 128 valence electrons. The molecule has 0 bridgehead atoms. The highest BCUT2D eigenvalue weighted by Crippen LogP contribution is 2.47. The van der Waals surface area contributed by atoms with Gasteiger partial charge < -0.3 is 20.1 Å². The van der Waals surface area contributed by atoms with E-state index in [0.29, 0.717) is 23.6 Å². The lowest BCUT2D eigenvalue weighted by Crippen LogP contribution is -2.48. The zero-order valence-corrected chi connectivity index (χ0v) is 14.0. The molecule has 24 heavy (non-hydrogen) atoms. The van der Waals surface area contributed by atoms with Crippen molar-refractivity contribution in [3.05, 3.63) is 24.3 Å². The van der Waals surface area contributed by atoms with Crippen LogP contribution in [-0.4, -0.2) is 51.1 Å². The quantitative estimate of drug-likeness (QED) is 0.836. The Morgan fingerprint density at radius 1 is 1.50 bits per heavy atom. The molecule has 2 unspecified atom stereocenters. The number of aliphatic carboxylic acids is 1. The average molecular weight is 350 g/mol. The van der Waals surface area contributed by atoms with Crippen LogP contribution in [0, 0.1) is 0 Å². The third-order valence-electron chi connectivity index (χ3n) is 4.21. The Kier molecular flexibility index (Phi) is 4.40. The number of rotatable bonds is 5. The SMILES string of the molecule is CC12CCC(=O)N1C(C(=O)Nc1cccc(OCC(=O)O)c1)CS2. The Hall–Kier alpha value is -2.22. The van der Waals surface area contributed by atoms with E-state index in [1.54, 1.807) is 40.9 Å². The molecule has 1 aromatic rings. The summed E-state index contributed by atoms with van der Waals surface area (Å²) in [5.74, 6) is -0.362. The number of thioether (sulfide) groups is 1. The monoisotopic (exact) mass is 350 g/mol. The number of benzene rings is 1. The Labute approximate surface area is 143 Å². The molecule has 2 atom stereocenters. The van der Waals surface area contributed by atoms with E-state index >= 15 is 0 Å². The fourth-order valence-electron chi connectivity index (χ4n) is 3.05. The van der Waals surface area contributed by atoms with Crippen LogP contribution in [0.25, 0.3) is 0 Å². The van der Waals surface area contributed by atoms with Crippen LogP contribution in [0.15, 0.2) is 24.3 Å². The lowest BCUT2D eigenvalue weighted by molar-refractivity contribution is -0.139. The average Bonchev–Trinajstić information content (AvgIpc) is 3.02. The number of carbonyl (C=O) groups is 3. The molecule has 1 aromatic carbocycles. The molecule has 0 saturated carbocycles. The number of hydrogen-bond acceptors (Lipinski definition) is 5. The molecule has 2 heterocycles. The molecule has 0 aromatic heterocycles. The van der Waals surface area contributed by atoms with Crippen LogP contribution in [0.1, 0.15) is 19.8 Å². The normalized spacial score (nSPS) is 25.5. The molecular formula is C16H18N2O5S. The predicted molar refractivity (Wildman–Crippen MR) is 88.9 cm³/mol. The Bertz CT molecular complexity index is 695. The van der Waals surface area contributed by atoms with Crippen molar-refractivity contribution < 1.29 is 24.2 Å². The first-order valence-electron chi connectivity index (χ1n) is 7.61. The zero-order valence-electron chi connectivity index (χ0n) is 13.2. The zero-order chi connectivity index (χ0) is 17.3. The van der Waals surface area contributed by atoms with Gasteiger partial charge in [0, 0.05) is 23.9 Å². The van der Waals surface area contributed by atoms with Gasteiger partial charge in [-0.1, -0.05) is 6.07 Å². The minimum absolute atomic E-state index is 0.0150. The number of carboxylic acid groups (broad SMARTS) is 1. The van der Waals surface area contributed by atoms with Crippen LogP contribution < -0.4 is 10.1 Å². The van der Waals surface area contributed by atoms with Crippen LogP contribution in [0.2, 0.25) is 0 Å². The van der Waals surface area contributed by atoms with Crippen LogP contribution in [0.3, 0.4) is 0 Å². The van der Waals surface area contributed by atoms with Crippen molar-refractivity contribution in [3.63, 3.8) is 0 Å². The number of nitrogens with zero attached hydrogens (tertiary/aromatic N) is 1. The molecule has 7 nitrogen and oxygen atoms in total. The van der Waals surface area contributed by atoms with Crippen molar-refractivity contribution in [2.45, 2.75) is 30.7 Å². The van der Waals surface area contributed by atoms with E-state index in [1.165, 1.54) is 0 Å². The summed E-state index contributed by atoms with van der Waals surface area (Å²) in [5, 5.41) is 11.4. The van der Waals surface area contributed by atoms with Crippen molar-refractivity contribution >= 4 is 35.2 Å². The van der Waals surface area contributed by atoms with Gasteiger partial charge in [-0.25, -0.2) is 4.79 Å². The molecule has 2 fully saturated rings. The summed E-state index contributed by atoms with van der Waals surface area (Å²) in [6.45, 7) is 1.55. The van der Waals surface area contributed by atoms with E-state index in [1.807, 2.05) is 6.92 Å². The predicted octanol–water partition coefficient (Wildman–Crippen LogP) is 1.54. The first-order valence-corrected chi connectivity index (χ1v) is 8.59. The van der Waals surface area contributed by atoms with Gasteiger partial charge in [0.05, 0.1) is 4.87 Å². The van der Waals surface area contributed by atoms with Gasteiger partial charge in [0.25, 0.3) is 0 Å². The van der Waals surface area contributed by atoms with E-state index < -0.39 is 18.6 Å². The molecule has 2 saturated heterocycles. The third kappa shape index (κ3) is 3.19. The van der Waals surface area contributed by atoms with Crippen molar-refractivity contribution in [3.8, 4) is 5.75 Å². The van der Waals surface area contributed by atoms with Gasteiger partial charge in [0.15, 0.2) is 6.61 Å². The minimum Gasteiger partial charge on any atom is -0.482 e. The van der Waals surface area contributed by atoms with Gasteiger partial charge in [0.2, 0.25) is 11.8 Å². The first-order chi connectivity index (χ1) is 11.4.